The van der Waals surface area contributed by atoms with E-state index in [0.29, 0.717) is 0 Å². The summed E-state index contributed by atoms with van der Waals surface area (Å²) in [4.78, 5) is 4.58. The van der Waals surface area contributed by atoms with Gasteiger partial charge in [-0.05, 0) is 43.7 Å². The van der Waals surface area contributed by atoms with Crippen molar-refractivity contribution in [1.29, 1.82) is 0 Å². The minimum Gasteiger partial charge on any atom is -0.472 e. The Morgan fingerprint density at radius 1 is 1.35 bits per heavy atom. The van der Waals surface area contributed by atoms with Crippen LogP contribution >= 0.6 is 0 Å². The summed E-state index contributed by atoms with van der Waals surface area (Å²) in [6, 6.07) is 8.39. The SMILES string of the molecule is CCNC(Cc1ccoc1)c1cccc(C)n1. The Morgan fingerprint density at radius 2 is 2.24 bits per heavy atom. The first kappa shape index (κ1) is 11.9. The second kappa shape index (κ2) is 5.64. The average Bonchev–Trinajstić information content (AvgIpc) is 2.81. The number of likely N-dealkylation sites (N-methyl/N-ethyl adjacent to an activating group) is 1. The molecule has 0 aliphatic heterocycles. The van der Waals surface area contributed by atoms with Gasteiger partial charge in [0.2, 0.25) is 0 Å². The third-order valence-corrected chi connectivity index (χ3v) is 2.74. The molecule has 0 amide bonds. The Morgan fingerprint density at radius 3 is 2.88 bits per heavy atom. The Bertz CT molecular complexity index is 451. The Labute approximate surface area is 102 Å². The van der Waals surface area contributed by atoms with Crippen molar-refractivity contribution in [3.8, 4) is 0 Å². The first-order valence-electron chi connectivity index (χ1n) is 5.97. The zero-order chi connectivity index (χ0) is 12.1. The molecule has 1 N–H and O–H groups in total. The molecule has 0 saturated heterocycles. The van der Waals surface area contributed by atoms with Gasteiger partial charge >= 0.3 is 0 Å². The lowest BCUT2D eigenvalue weighted by atomic mass is 10.0. The van der Waals surface area contributed by atoms with E-state index in [1.807, 2.05) is 19.1 Å². The molecule has 1 unspecified atom stereocenters. The highest BCUT2D eigenvalue weighted by atomic mass is 16.3. The van der Waals surface area contributed by atoms with Gasteiger partial charge in [0.1, 0.15) is 0 Å². The van der Waals surface area contributed by atoms with Crippen molar-refractivity contribution in [3.63, 3.8) is 0 Å². The van der Waals surface area contributed by atoms with Gasteiger partial charge in [0, 0.05) is 5.69 Å². The molecule has 2 rings (SSSR count). The van der Waals surface area contributed by atoms with Gasteiger partial charge in [0.05, 0.1) is 24.3 Å². The van der Waals surface area contributed by atoms with Gasteiger partial charge < -0.3 is 9.73 Å². The van der Waals surface area contributed by atoms with Crippen molar-refractivity contribution in [3.05, 3.63) is 53.7 Å². The van der Waals surface area contributed by atoms with E-state index < -0.39 is 0 Å². The third-order valence-electron chi connectivity index (χ3n) is 2.74. The molecule has 0 fully saturated rings. The number of nitrogens with zero attached hydrogens (tertiary/aromatic N) is 1. The molecule has 0 aliphatic rings. The second-order valence-corrected chi connectivity index (χ2v) is 4.15. The maximum atomic E-state index is 5.10. The predicted molar refractivity (Wildman–Crippen MR) is 67.8 cm³/mol. The highest BCUT2D eigenvalue weighted by molar-refractivity contribution is 5.17. The van der Waals surface area contributed by atoms with Crippen LogP contribution < -0.4 is 5.32 Å². The van der Waals surface area contributed by atoms with Crippen LogP contribution in [0.15, 0.2) is 41.2 Å². The van der Waals surface area contributed by atoms with Crippen LogP contribution in [0.4, 0.5) is 0 Å². The van der Waals surface area contributed by atoms with Gasteiger partial charge in [-0.15, -0.1) is 0 Å². The van der Waals surface area contributed by atoms with E-state index >= 15 is 0 Å². The Kier molecular flexibility index (Phi) is 3.94. The molecule has 90 valence electrons. The summed E-state index contributed by atoms with van der Waals surface area (Å²) in [5, 5.41) is 3.46. The van der Waals surface area contributed by atoms with Crippen LogP contribution in [0.25, 0.3) is 0 Å². The molecular weight excluding hydrogens is 212 g/mol. The second-order valence-electron chi connectivity index (χ2n) is 4.15. The Hall–Kier alpha value is -1.61. The van der Waals surface area contributed by atoms with E-state index in [1.165, 1.54) is 5.56 Å². The maximum absolute atomic E-state index is 5.10. The van der Waals surface area contributed by atoms with Gasteiger partial charge in [-0.25, -0.2) is 0 Å². The van der Waals surface area contributed by atoms with Gasteiger partial charge in [0.15, 0.2) is 0 Å². The van der Waals surface area contributed by atoms with E-state index in [9.17, 15) is 0 Å². The summed E-state index contributed by atoms with van der Waals surface area (Å²) in [6.45, 7) is 5.06. The van der Waals surface area contributed by atoms with Crippen molar-refractivity contribution in [2.45, 2.75) is 26.3 Å². The zero-order valence-electron chi connectivity index (χ0n) is 10.3. The minimum atomic E-state index is 0.248. The van der Waals surface area contributed by atoms with E-state index in [2.05, 4.69) is 29.4 Å². The molecule has 2 aromatic heterocycles. The molecule has 17 heavy (non-hydrogen) atoms. The first-order chi connectivity index (χ1) is 8.29. The number of aromatic nitrogens is 1. The zero-order valence-corrected chi connectivity index (χ0v) is 10.3. The maximum Gasteiger partial charge on any atom is 0.0935 e. The molecule has 0 bridgehead atoms. The van der Waals surface area contributed by atoms with Crippen molar-refractivity contribution in [1.82, 2.24) is 10.3 Å². The molecule has 1 atom stereocenters. The summed E-state index contributed by atoms with van der Waals surface area (Å²) in [5.41, 5.74) is 3.34. The normalized spacial score (nSPS) is 12.6. The van der Waals surface area contributed by atoms with E-state index in [0.717, 1.165) is 24.4 Å². The molecule has 0 aliphatic carbocycles. The summed E-state index contributed by atoms with van der Waals surface area (Å²) in [6.07, 6.45) is 4.41. The number of aryl methyl sites for hydroxylation is 1. The van der Waals surface area contributed by atoms with Crippen LogP contribution in [0, 0.1) is 6.92 Å². The molecule has 0 aromatic carbocycles. The molecule has 0 radical (unpaired) electrons. The fourth-order valence-electron chi connectivity index (χ4n) is 1.93. The minimum absolute atomic E-state index is 0.248. The van der Waals surface area contributed by atoms with Gasteiger partial charge in [-0.3, -0.25) is 4.98 Å². The molecule has 2 heterocycles. The largest absolute Gasteiger partial charge is 0.472 e. The number of furan rings is 1. The number of nitrogens with one attached hydrogen (secondary N) is 1. The molecule has 0 spiro atoms. The standard InChI is InChI=1S/C14H18N2O/c1-3-15-14(9-12-7-8-17-10-12)13-6-4-5-11(2)16-13/h4-8,10,14-15H,3,9H2,1-2H3. The lowest BCUT2D eigenvalue weighted by Crippen LogP contribution is -2.23. The van der Waals surface area contributed by atoms with E-state index in [4.69, 9.17) is 4.42 Å². The lowest BCUT2D eigenvalue weighted by Gasteiger charge is -2.16. The average molecular weight is 230 g/mol. The van der Waals surface area contributed by atoms with Crippen molar-refractivity contribution < 1.29 is 4.42 Å². The van der Waals surface area contributed by atoms with Crippen molar-refractivity contribution in [2.75, 3.05) is 6.54 Å². The smallest absolute Gasteiger partial charge is 0.0935 e. The van der Waals surface area contributed by atoms with E-state index in [-0.39, 0.29) is 6.04 Å². The third kappa shape index (κ3) is 3.17. The first-order valence-corrected chi connectivity index (χ1v) is 5.97. The number of hydrogen-bond acceptors (Lipinski definition) is 3. The fraction of sp³-hybridized carbons (Fsp3) is 0.357. The molecular formula is C14H18N2O. The fourth-order valence-corrected chi connectivity index (χ4v) is 1.93. The summed E-state index contributed by atoms with van der Waals surface area (Å²) < 4.78 is 5.10. The van der Waals surface area contributed by atoms with Crippen LogP contribution in [-0.2, 0) is 6.42 Å². The number of rotatable bonds is 5. The quantitative estimate of drug-likeness (QED) is 0.858. The number of pyridine rings is 1. The van der Waals surface area contributed by atoms with Gasteiger partial charge in [-0.1, -0.05) is 13.0 Å². The van der Waals surface area contributed by atoms with Crippen LogP contribution in [0.1, 0.15) is 29.9 Å². The van der Waals surface area contributed by atoms with Crippen molar-refractivity contribution in [2.24, 2.45) is 0 Å². The highest BCUT2D eigenvalue weighted by Crippen LogP contribution is 2.17. The van der Waals surface area contributed by atoms with Crippen LogP contribution in [-0.4, -0.2) is 11.5 Å². The predicted octanol–water partition coefficient (Wildman–Crippen LogP) is 2.88. The summed E-state index contributed by atoms with van der Waals surface area (Å²) >= 11 is 0. The van der Waals surface area contributed by atoms with Crippen molar-refractivity contribution >= 4 is 0 Å². The highest BCUT2D eigenvalue weighted by Gasteiger charge is 2.13. The van der Waals surface area contributed by atoms with Gasteiger partial charge in [-0.2, -0.15) is 0 Å². The Balaban J connectivity index is 2.16. The molecule has 2 aromatic rings. The molecule has 0 saturated carbocycles. The summed E-state index contributed by atoms with van der Waals surface area (Å²) in [7, 11) is 0. The number of hydrogen-bond donors (Lipinski definition) is 1. The lowest BCUT2D eigenvalue weighted by molar-refractivity contribution is 0.525. The van der Waals surface area contributed by atoms with Gasteiger partial charge in [0.25, 0.3) is 0 Å². The van der Waals surface area contributed by atoms with Crippen LogP contribution in [0.3, 0.4) is 0 Å². The van der Waals surface area contributed by atoms with Crippen LogP contribution in [0.5, 0.6) is 0 Å². The van der Waals surface area contributed by atoms with E-state index in [1.54, 1.807) is 12.5 Å². The summed E-state index contributed by atoms with van der Waals surface area (Å²) in [5.74, 6) is 0. The molecule has 3 heteroatoms. The topological polar surface area (TPSA) is 38.1 Å². The molecule has 3 nitrogen and oxygen atoms in total. The monoisotopic (exact) mass is 230 g/mol. The van der Waals surface area contributed by atoms with Crippen LogP contribution in [0.2, 0.25) is 0 Å².